The van der Waals surface area contributed by atoms with Crippen molar-refractivity contribution in [3.63, 3.8) is 0 Å². The van der Waals surface area contributed by atoms with Crippen molar-refractivity contribution in [2.45, 2.75) is 83.0 Å². The molecule has 116 valence electrons. The van der Waals surface area contributed by atoms with Crippen LogP contribution in [0.4, 0.5) is 0 Å². The first kappa shape index (κ1) is 15.8. The van der Waals surface area contributed by atoms with E-state index >= 15 is 0 Å². The maximum absolute atomic E-state index is 12.4. The molecule has 0 bridgehead atoms. The van der Waals surface area contributed by atoms with Crippen LogP contribution in [0.3, 0.4) is 0 Å². The molecule has 0 aromatic carbocycles. The average Bonchev–Trinajstić information content (AvgIpc) is 2.71. The molecule has 0 heterocycles. The van der Waals surface area contributed by atoms with Gasteiger partial charge in [0.25, 0.3) is 0 Å². The largest absolute Gasteiger partial charge is 0.465 e. The van der Waals surface area contributed by atoms with Crippen molar-refractivity contribution < 1.29 is 9.53 Å². The SMILES string of the molecule is CCOC(=O)C1(NC(C)C)CCC(N(C)C2CCC2)C1. The fourth-order valence-electron chi connectivity index (χ4n) is 3.66. The van der Waals surface area contributed by atoms with Crippen molar-refractivity contribution in [2.24, 2.45) is 0 Å². The van der Waals surface area contributed by atoms with Gasteiger partial charge in [0.05, 0.1) is 6.61 Å². The molecule has 2 rings (SSSR count). The Morgan fingerprint density at radius 3 is 2.55 bits per heavy atom. The number of hydrogen-bond acceptors (Lipinski definition) is 4. The van der Waals surface area contributed by atoms with Gasteiger partial charge in [-0.1, -0.05) is 6.42 Å². The van der Waals surface area contributed by atoms with Gasteiger partial charge in [0.15, 0.2) is 0 Å². The lowest BCUT2D eigenvalue weighted by Crippen LogP contribution is -2.55. The van der Waals surface area contributed by atoms with Gasteiger partial charge in [-0.25, -0.2) is 0 Å². The minimum Gasteiger partial charge on any atom is -0.465 e. The molecule has 0 amide bonds. The molecule has 2 aliphatic rings. The first-order chi connectivity index (χ1) is 9.48. The summed E-state index contributed by atoms with van der Waals surface area (Å²) in [7, 11) is 2.23. The summed E-state index contributed by atoms with van der Waals surface area (Å²) in [6.45, 7) is 6.55. The summed E-state index contributed by atoms with van der Waals surface area (Å²) in [4.78, 5) is 14.9. The van der Waals surface area contributed by atoms with E-state index in [0.717, 1.165) is 25.3 Å². The monoisotopic (exact) mass is 282 g/mol. The molecule has 20 heavy (non-hydrogen) atoms. The Balaban J connectivity index is 2.03. The second-order valence-electron chi connectivity index (χ2n) is 6.75. The van der Waals surface area contributed by atoms with E-state index in [-0.39, 0.29) is 5.97 Å². The summed E-state index contributed by atoms with van der Waals surface area (Å²) in [5.41, 5.74) is -0.465. The summed E-state index contributed by atoms with van der Waals surface area (Å²) < 4.78 is 5.34. The summed E-state index contributed by atoms with van der Waals surface area (Å²) in [5, 5.41) is 3.50. The van der Waals surface area contributed by atoms with Gasteiger partial charge in [0.1, 0.15) is 5.54 Å². The Morgan fingerprint density at radius 1 is 1.35 bits per heavy atom. The minimum atomic E-state index is -0.465. The van der Waals surface area contributed by atoms with Crippen LogP contribution < -0.4 is 5.32 Å². The number of carbonyl (C=O) groups excluding carboxylic acids is 1. The second-order valence-corrected chi connectivity index (χ2v) is 6.75. The lowest BCUT2D eigenvalue weighted by Gasteiger charge is -2.39. The van der Waals surface area contributed by atoms with E-state index in [0.29, 0.717) is 18.7 Å². The smallest absolute Gasteiger partial charge is 0.326 e. The number of rotatable bonds is 6. The van der Waals surface area contributed by atoms with Crippen LogP contribution in [0.1, 0.15) is 59.3 Å². The first-order valence-electron chi connectivity index (χ1n) is 8.15. The molecule has 2 unspecified atom stereocenters. The van der Waals surface area contributed by atoms with Crippen molar-refractivity contribution in [3.8, 4) is 0 Å². The highest BCUT2D eigenvalue weighted by molar-refractivity contribution is 5.81. The highest BCUT2D eigenvalue weighted by atomic mass is 16.5. The van der Waals surface area contributed by atoms with Gasteiger partial charge < -0.3 is 9.64 Å². The third kappa shape index (κ3) is 3.17. The summed E-state index contributed by atoms with van der Waals surface area (Å²) in [6, 6.07) is 1.54. The Hall–Kier alpha value is -0.610. The Bertz CT molecular complexity index is 341. The lowest BCUT2D eigenvalue weighted by molar-refractivity contribution is -0.151. The van der Waals surface area contributed by atoms with Gasteiger partial charge in [-0.05, 0) is 59.9 Å². The minimum absolute atomic E-state index is 0.0572. The van der Waals surface area contributed by atoms with E-state index in [2.05, 4.69) is 31.1 Å². The van der Waals surface area contributed by atoms with Crippen LogP contribution in [-0.4, -0.2) is 48.2 Å². The second kappa shape index (κ2) is 6.44. The number of nitrogens with one attached hydrogen (secondary N) is 1. The molecule has 0 saturated heterocycles. The molecule has 2 atom stereocenters. The number of esters is 1. The van der Waals surface area contributed by atoms with Crippen LogP contribution in [-0.2, 0) is 9.53 Å². The van der Waals surface area contributed by atoms with Crippen LogP contribution in [0, 0.1) is 0 Å². The summed E-state index contributed by atoms with van der Waals surface area (Å²) >= 11 is 0. The Labute approximate surface area is 123 Å². The van der Waals surface area contributed by atoms with Gasteiger partial charge in [-0.2, -0.15) is 0 Å². The molecular weight excluding hydrogens is 252 g/mol. The molecule has 0 radical (unpaired) electrons. The van der Waals surface area contributed by atoms with Gasteiger partial charge in [-0.15, -0.1) is 0 Å². The molecule has 4 nitrogen and oxygen atoms in total. The molecule has 0 aliphatic heterocycles. The quantitative estimate of drug-likeness (QED) is 0.759. The Morgan fingerprint density at radius 2 is 2.05 bits per heavy atom. The molecule has 4 heteroatoms. The van der Waals surface area contributed by atoms with Crippen molar-refractivity contribution in [1.29, 1.82) is 0 Å². The van der Waals surface area contributed by atoms with Crippen LogP contribution >= 0.6 is 0 Å². The molecule has 0 aromatic heterocycles. The maximum atomic E-state index is 12.4. The fraction of sp³-hybridized carbons (Fsp3) is 0.938. The molecule has 2 saturated carbocycles. The third-order valence-electron chi connectivity index (χ3n) is 4.95. The lowest BCUT2D eigenvalue weighted by atomic mass is 9.90. The van der Waals surface area contributed by atoms with Crippen LogP contribution in [0.2, 0.25) is 0 Å². The van der Waals surface area contributed by atoms with Crippen LogP contribution in [0.15, 0.2) is 0 Å². The zero-order valence-corrected chi connectivity index (χ0v) is 13.4. The predicted octanol–water partition coefficient (Wildman–Crippen LogP) is 2.32. The van der Waals surface area contributed by atoms with Gasteiger partial charge in [0.2, 0.25) is 0 Å². The zero-order chi connectivity index (χ0) is 14.8. The van der Waals surface area contributed by atoms with Crippen molar-refractivity contribution in [1.82, 2.24) is 10.2 Å². The molecule has 0 aromatic rings. The van der Waals surface area contributed by atoms with E-state index in [4.69, 9.17) is 4.74 Å². The first-order valence-corrected chi connectivity index (χ1v) is 8.15. The van der Waals surface area contributed by atoms with Crippen LogP contribution in [0.25, 0.3) is 0 Å². The summed E-state index contributed by atoms with van der Waals surface area (Å²) in [5.74, 6) is -0.0572. The number of ether oxygens (including phenoxy) is 1. The van der Waals surface area contributed by atoms with Gasteiger partial charge in [0, 0.05) is 18.1 Å². The molecular formula is C16H30N2O2. The van der Waals surface area contributed by atoms with Gasteiger partial charge >= 0.3 is 5.97 Å². The number of carbonyl (C=O) groups is 1. The zero-order valence-electron chi connectivity index (χ0n) is 13.4. The van der Waals surface area contributed by atoms with E-state index in [1.165, 1.54) is 19.3 Å². The molecule has 0 spiro atoms. The number of nitrogens with zero attached hydrogens (tertiary/aromatic N) is 1. The number of hydrogen-bond donors (Lipinski definition) is 1. The predicted molar refractivity (Wildman–Crippen MR) is 80.7 cm³/mol. The normalized spacial score (nSPS) is 30.8. The van der Waals surface area contributed by atoms with Crippen molar-refractivity contribution >= 4 is 5.97 Å². The van der Waals surface area contributed by atoms with Crippen molar-refractivity contribution in [3.05, 3.63) is 0 Å². The molecule has 2 fully saturated rings. The van der Waals surface area contributed by atoms with Gasteiger partial charge in [-0.3, -0.25) is 10.1 Å². The third-order valence-corrected chi connectivity index (χ3v) is 4.95. The average molecular weight is 282 g/mol. The van der Waals surface area contributed by atoms with E-state index in [1.807, 2.05) is 6.92 Å². The molecule has 2 aliphatic carbocycles. The maximum Gasteiger partial charge on any atom is 0.326 e. The van der Waals surface area contributed by atoms with Crippen molar-refractivity contribution in [2.75, 3.05) is 13.7 Å². The highest BCUT2D eigenvalue weighted by Crippen LogP contribution is 2.37. The summed E-state index contributed by atoms with van der Waals surface area (Å²) in [6.07, 6.45) is 6.86. The fourth-order valence-corrected chi connectivity index (χ4v) is 3.66. The highest BCUT2D eigenvalue weighted by Gasteiger charge is 2.48. The Kier molecular flexibility index (Phi) is 5.08. The topological polar surface area (TPSA) is 41.6 Å². The van der Waals surface area contributed by atoms with E-state index in [9.17, 15) is 4.79 Å². The molecule has 1 N–H and O–H groups in total. The van der Waals surface area contributed by atoms with Crippen LogP contribution in [0.5, 0.6) is 0 Å². The van der Waals surface area contributed by atoms with E-state index < -0.39 is 5.54 Å². The van der Waals surface area contributed by atoms with E-state index in [1.54, 1.807) is 0 Å². The standard InChI is InChI=1S/C16H30N2O2/c1-5-20-15(19)16(17-12(2)3)10-9-14(11-16)18(4)13-7-6-8-13/h12-14,17H,5-11H2,1-4H3.